The van der Waals surface area contributed by atoms with Gasteiger partial charge in [0, 0.05) is 6.54 Å². The van der Waals surface area contributed by atoms with Gasteiger partial charge in [-0.05, 0) is 59.8 Å². The second-order valence-corrected chi connectivity index (χ2v) is 8.65. The standard InChI is InChI=1S/C22H17F2N3O2S2/c1-13-10-16(6-7-17(13)24)27-21(29)20-18(8-9-30-20)26-22(27)31-12-19(28)25-11-14-2-4-15(23)5-3-14/h2-10H,11-12H2,1H3,(H,25,28). The Balaban J connectivity index is 1.57. The van der Waals surface area contributed by atoms with Gasteiger partial charge in [-0.2, -0.15) is 0 Å². The molecule has 0 spiro atoms. The Morgan fingerprint density at radius 1 is 1.16 bits per heavy atom. The summed E-state index contributed by atoms with van der Waals surface area (Å²) < 4.78 is 28.6. The monoisotopic (exact) mass is 457 g/mol. The molecular formula is C22H17F2N3O2S2. The second kappa shape index (κ2) is 8.99. The highest BCUT2D eigenvalue weighted by Crippen LogP contribution is 2.24. The minimum atomic E-state index is -0.365. The van der Waals surface area contributed by atoms with Crippen LogP contribution in [0.3, 0.4) is 0 Å². The van der Waals surface area contributed by atoms with Crippen LogP contribution in [-0.4, -0.2) is 21.2 Å². The van der Waals surface area contributed by atoms with E-state index in [2.05, 4.69) is 10.3 Å². The molecule has 1 N–H and O–H groups in total. The first-order chi connectivity index (χ1) is 14.9. The molecule has 0 unspecified atom stereocenters. The maximum Gasteiger partial charge on any atom is 0.276 e. The number of carbonyl (C=O) groups excluding carboxylic acids is 1. The molecular weight excluding hydrogens is 440 g/mol. The zero-order valence-electron chi connectivity index (χ0n) is 16.4. The lowest BCUT2D eigenvalue weighted by molar-refractivity contribution is -0.118. The van der Waals surface area contributed by atoms with Crippen LogP contribution in [0.1, 0.15) is 11.1 Å². The van der Waals surface area contributed by atoms with Crippen molar-refractivity contribution in [2.45, 2.75) is 18.6 Å². The predicted molar refractivity (Wildman–Crippen MR) is 119 cm³/mol. The van der Waals surface area contributed by atoms with Crippen LogP contribution in [0.25, 0.3) is 15.9 Å². The normalized spacial score (nSPS) is 11.1. The molecule has 2 aromatic carbocycles. The number of hydrogen-bond acceptors (Lipinski definition) is 5. The van der Waals surface area contributed by atoms with Gasteiger partial charge < -0.3 is 5.32 Å². The first-order valence-electron chi connectivity index (χ1n) is 9.33. The maximum absolute atomic E-state index is 13.7. The molecule has 158 valence electrons. The second-order valence-electron chi connectivity index (χ2n) is 6.80. The molecule has 0 fully saturated rings. The average Bonchev–Trinajstić information content (AvgIpc) is 3.23. The Morgan fingerprint density at radius 2 is 1.94 bits per heavy atom. The van der Waals surface area contributed by atoms with Crippen molar-refractivity contribution in [3.8, 4) is 5.69 Å². The van der Waals surface area contributed by atoms with Crippen LogP contribution in [0.15, 0.2) is 63.9 Å². The summed E-state index contributed by atoms with van der Waals surface area (Å²) in [5.74, 6) is -0.926. The van der Waals surface area contributed by atoms with E-state index in [1.165, 1.54) is 40.2 Å². The molecule has 0 aliphatic rings. The SMILES string of the molecule is Cc1cc(-n2c(SCC(=O)NCc3ccc(F)cc3)nc3ccsc3c2=O)ccc1F. The van der Waals surface area contributed by atoms with Gasteiger partial charge in [-0.25, -0.2) is 13.8 Å². The number of fused-ring (bicyclic) bond motifs is 1. The molecule has 0 aliphatic carbocycles. The molecule has 2 heterocycles. The Labute approximate surface area is 184 Å². The van der Waals surface area contributed by atoms with Gasteiger partial charge in [0.25, 0.3) is 5.56 Å². The minimum absolute atomic E-state index is 0.0312. The van der Waals surface area contributed by atoms with Gasteiger partial charge in [0.15, 0.2) is 5.16 Å². The molecule has 9 heteroatoms. The van der Waals surface area contributed by atoms with Crippen molar-refractivity contribution in [3.63, 3.8) is 0 Å². The molecule has 0 aliphatic heterocycles. The summed E-state index contributed by atoms with van der Waals surface area (Å²) in [6, 6.07) is 12.0. The Morgan fingerprint density at radius 3 is 2.68 bits per heavy atom. The zero-order valence-corrected chi connectivity index (χ0v) is 18.0. The third-order valence-electron chi connectivity index (χ3n) is 4.58. The largest absolute Gasteiger partial charge is 0.351 e. The van der Waals surface area contributed by atoms with E-state index >= 15 is 0 Å². The molecule has 31 heavy (non-hydrogen) atoms. The molecule has 0 atom stereocenters. The highest BCUT2D eigenvalue weighted by Gasteiger charge is 2.16. The number of thiophene rings is 1. The summed E-state index contributed by atoms with van der Waals surface area (Å²) in [5, 5.41) is 4.89. The zero-order chi connectivity index (χ0) is 22.0. The first kappa shape index (κ1) is 21.2. The summed E-state index contributed by atoms with van der Waals surface area (Å²) >= 11 is 2.41. The number of rotatable bonds is 6. The fourth-order valence-corrected chi connectivity index (χ4v) is 4.57. The maximum atomic E-state index is 13.7. The molecule has 0 bridgehead atoms. The van der Waals surface area contributed by atoms with Gasteiger partial charge in [0.2, 0.25) is 5.91 Å². The Bertz CT molecular complexity index is 1320. The molecule has 0 radical (unpaired) electrons. The summed E-state index contributed by atoms with van der Waals surface area (Å²) in [5.41, 5.74) is 1.96. The number of nitrogens with zero attached hydrogens (tertiary/aromatic N) is 2. The van der Waals surface area contributed by atoms with Crippen LogP contribution in [-0.2, 0) is 11.3 Å². The summed E-state index contributed by atoms with van der Waals surface area (Å²) in [6.07, 6.45) is 0. The number of halogens is 2. The van der Waals surface area contributed by atoms with Gasteiger partial charge in [-0.15, -0.1) is 11.3 Å². The molecule has 5 nitrogen and oxygen atoms in total. The highest BCUT2D eigenvalue weighted by molar-refractivity contribution is 7.99. The fourth-order valence-electron chi connectivity index (χ4n) is 2.97. The Kier molecular flexibility index (Phi) is 6.15. The van der Waals surface area contributed by atoms with E-state index < -0.39 is 0 Å². The first-order valence-corrected chi connectivity index (χ1v) is 11.2. The number of benzene rings is 2. The van der Waals surface area contributed by atoms with Crippen LogP contribution >= 0.6 is 23.1 Å². The van der Waals surface area contributed by atoms with E-state index in [0.29, 0.717) is 26.6 Å². The van der Waals surface area contributed by atoms with E-state index in [1.54, 1.807) is 36.6 Å². The lowest BCUT2D eigenvalue weighted by Gasteiger charge is -2.13. The van der Waals surface area contributed by atoms with Crippen molar-refractivity contribution in [1.82, 2.24) is 14.9 Å². The molecule has 1 amide bonds. The van der Waals surface area contributed by atoms with Crippen LogP contribution in [0.5, 0.6) is 0 Å². The van der Waals surface area contributed by atoms with Crippen molar-refractivity contribution >= 4 is 39.2 Å². The van der Waals surface area contributed by atoms with E-state index in [4.69, 9.17) is 0 Å². The average molecular weight is 458 g/mol. The van der Waals surface area contributed by atoms with Gasteiger partial charge in [-0.3, -0.25) is 14.2 Å². The van der Waals surface area contributed by atoms with Crippen LogP contribution in [0, 0.1) is 18.6 Å². The van der Waals surface area contributed by atoms with E-state index in [0.717, 1.165) is 17.3 Å². The lowest BCUT2D eigenvalue weighted by atomic mass is 10.2. The summed E-state index contributed by atoms with van der Waals surface area (Å²) in [6.45, 7) is 1.89. The molecule has 0 saturated carbocycles. The fraction of sp³-hybridized carbons (Fsp3) is 0.136. The van der Waals surface area contributed by atoms with Crippen molar-refractivity contribution < 1.29 is 13.6 Å². The van der Waals surface area contributed by atoms with Crippen molar-refractivity contribution in [2.75, 3.05) is 5.75 Å². The highest BCUT2D eigenvalue weighted by atomic mass is 32.2. The number of thioether (sulfide) groups is 1. The van der Waals surface area contributed by atoms with Gasteiger partial charge in [-0.1, -0.05) is 23.9 Å². The smallest absolute Gasteiger partial charge is 0.276 e. The quantitative estimate of drug-likeness (QED) is 0.343. The number of nitrogens with one attached hydrogen (secondary N) is 1. The third-order valence-corrected chi connectivity index (χ3v) is 6.41. The number of hydrogen-bond donors (Lipinski definition) is 1. The van der Waals surface area contributed by atoms with Crippen molar-refractivity contribution in [3.05, 3.63) is 87.0 Å². The topological polar surface area (TPSA) is 64.0 Å². The number of aryl methyl sites for hydroxylation is 1. The predicted octanol–water partition coefficient (Wildman–Crippen LogP) is 4.44. The van der Waals surface area contributed by atoms with Crippen molar-refractivity contribution in [2.24, 2.45) is 0 Å². The van der Waals surface area contributed by atoms with Crippen molar-refractivity contribution in [1.29, 1.82) is 0 Å². The lowest BCUT2D eigenvalue weighted by Crippen LogP contribution is -2.26. The Hall–Kier alpha value is -3.04. The van der Waals surface area contributed by atoms with Gasteiger partial charge in [0.1, 0.15) is 16.3 Å². The molecule has 2 aromatic heterocycles. The van der Waals surface area contributed by atoms with Gasteiger partial charge >= 0.3 is 0 Å². The minimum Gasteiger partial charge on any atom is -0.351 e. The summed E-state index contributed by atoms with van der Waals surface area (Å²) in [7, 11) is 0. The number of aromatic nitrogens is 2. The third kappa shape index (κ3) is 4.67. The molecule has 4 aromatic rings. The van der Waals surface area contributed by atoms with Gasteiger partial charge in [0.05, 0.1) is 17.0 Å². The van der Waals surface area contributed by atoms with Crippen LogP contribution in [0.4, 0.5) is 8.78 Å². The summed E-state index contributed by atoms with van der Waals surface area (Å²) in [4.78, 5) is 30.0. The number of carbonyl (C=O) groups is 1. The molecule has 0 saturated heterocycles. The molecule has 4 rings (SSSR count). The van der Waals surface area contributed by atoms with E-state index in [1.807, 2.05) is 0 Å². The van der Waals surface area contributed by atoms with Crippen LogP contribution < -0.4 is 10.9 Å². The number of amides is 1. The van der Waals surface area contributed by atoms with Crippen LogP contribution in [0.2, 0.25) is 0 Å². The van der Waals surface area contributed by atoms with E-state index in [-0.39, 0.29) is 35.4 Å². The van der Waals surface area contributed by atoms with E-state index in [9.17, 15) is 18.4 Å².